The predicted octanol–water partition coefficient (Wildman–Crippen LogP) is -0.122. The molecule has 3 nitrogen and oxygen atoms in total. The number of aliphatic hydroxyl groups excluding tert-OH is 1. The summed E-state index contributed by atoms with van der Waals surface area (Å²) in [4.78, 5) is 10.8. The molecule has 1 rings (SSSR count). The lowest BCUT2D eigenvalue weighted by molar-refractivity contribution is 0.281. The fourth-order valence-corrected chi connectivity index (χ4v) is 0.745. The van der Waals surface area contributed by atoms with Crippen LogP contribution < -0.4 is 5.56 Å². The van der Waals surface area contributed by atoms with Crippen molar-refractivity contribution in [2.24, 2.45) is 7.05 Å². The van der Waals surface area contributed by atoms with Gasteiger partial charge in [-0.1, -0.05) is 0 Å². The standard InChI is InChI=1S/C7H9NO2/c1-8-4-6(5-9)2-3-7(8)10/h2-4,9H,5H2,1H3. The van der Waals surface area contributed by atoms with E-state index in [1.165, 1.54) is 10.6 Å². The number of aliphatic hydroxyl groups is 1. The van der Waals surface area contributed by atoms with Gasteiger partial charge in [-0.3, -0.25) is 4.79 Å². The van der Waals surface area contributed by atoms with Crippen molar-refractivity contribution in [1.82, 2.24) is 4.57 Å². The molecule has 0 radical (unpaired) electrons. The highest BCUT2D eigenvalue weighted by Gasteiger charge is 1.90. The topological polar surface area (TPSA) is 42.2 Å². The minimum Gasteiger partial charge on any atom is -0.392 e. The molecule has 0 aliphatic carbocycles. The van der Waals surface area contributed by atoms with Crippen LogP contribution in [0.25, 0.3) is 0 Å². The van der Waals surface area contributed by atoms with E-state index in [2.05, 4.69) is 0 Å². The quantitative estimate of drug-likeness (QED) is 0.589. The molecule has 1 aromatic rings. The summed E-state index contributed by atoms with van der Waals surface area (Å²) in [6.45, 7) is -0.0197. The van der Waals surface area contributed by atoms with Gasteiger partial charge in [0.1, 0.15) is 0 Å². The van der Waals surface area contributed by atoms with Crippen molar-refractivity contribution in [2.45, 2.75) is 6.61 Å². The van der Waals surface area contributed by atoms with E-state index in [1.807, 2.05) is 0 Å². The van der Waals surface area contributed by atoms with E-state index in [9.17, 15) is 4.79 Å². The van der Waals surface area contributed by atoms with Gasteiger partial charge in [-0.2, -0.15) is 0 Å². The van der Waals surface area contributed by atoms with Crippen molar-refractivity contribution in [3.8, 4) is 0 Å². The number of pyridine rings is 1. The predicted molar refractivity (Wildman–Crippen MR) is 37.6 cm³/mol. The molecule has 0 aromatic carbocycles. The van der Waals surface area contributed by atoms with Gasteiger partial charge in [0.15, 0.2) is 0 Å². The van der Waals surface area contributed by atoms with Crippen LogP contribution in [0.3, 0.4) is 0 Å². The fraction of sp³-hybridized carbons (Fsp3) is 0.286. The molecule has 1 heterocycles. The van der Waals surface area contributed by atoms with Crippen LogP contribution in [0.4, 0.5) is 0 Å². The Kier molecular flexibility index (Phi) is 1.87. The van der Waals surface area contributed by atoms with Crippen LogP contribution in [0.2, 0.25) is 0 Å². The molecule has 54 valence electrons. The average Bonchev–Trinajstić information content (AvgIpc) is 1.95. The Bertz CT molecular complexity index is 277. The molecule has 3 heteroatoms. The summed E-state index contributed by atoms with van der Waals surface area (Å²) < 4.78 is 1.44. The lowest BCUT2D eigenvalue weighted by Crippen LogP contribution is -2.14. The summed E-state index contributed by atoms with van der Waals surface area (Å²) in [5.74, 6) is 0. The first-order valence-corrected chi connectivity index (χ1v) is 3.00. The van der Waals surface area contributed by atoms with Gasteiger partial charge in [0, 0.05) is 19.3 Å². The normalized spacial score (nSPS) is 9.80. The molecule has 0 fully saturated rings. The Morgan fingerprint density at radius 1 is 1.60 bits per heavy atom. The highest BCUT2D eigenvalue weighted by atomic mass is 16.3. The minimum absolute atomic E-state index is 0.0197. The zero-order valence-electron chi connectivity index (χ0n) is 5.74. The molecular weight excluding hydrogens is 130 g/mol. The van der Waals surface area contributed by atoms with E-state index >= 15 is 0 Å². The molecule has 1 aromatic heterocycles. The summed E-state index contributed by atoms with van der Waals surface area (Å²) in [7, 11) is 1.65. The molecule has 0 bridgehead atoms. The summed E-state index contributed by atoms with van der Waals surface area (Å²) in [6.07, 6.45) is 1.61. The Hall–Kier alpha value is -1.09. The molecule has 0 aliphatic rings. The van der Waals surface area contributed by atoms with Crippen molar-refractivity contribution >= 4 is 0 Å². The fourth-order valence-electron chi connectivity index (χ4n) is 0.745. The van der Waals surface area contributed by atoms with Crippen molar-refractivity contribution in [2.75, 3.05) is 0 Å². The second-order valence-corrected chi connectivity index (χ2v) is 2.14. The first-order valence-electron chi connectivity index (χ1n) is 3.00. The van der Waals surface area contributed by atoms with Crippen molar-refractivity contribution in [3.05, 3.63) is 34.2 Å². The van der Waals surface area contributed by atoms with E-state index in [1.54, 1.807) is 19.3 Å². The number of aromatic nitrogens is 1. The van der Waals surface area contributed by atoms with Crippen LogP contribution in [0.1, 0.15) is 5.56 Å². The third-order valence-corrected chi connectivity index (χ3v) is 1.33. The number of rotatable bonds is 1. The number of hydrogen-bond acceptors (Lipinski definition) is 2. The van der Waals surface area contributed by atoms with Gasteiger partial charge >= 0.3 is 0 Å². The van der Waals surface area contributed by atoms with E-state index in [-0.39, 0.29) is 12.2 Å². The van der Waals surface area contributed by atoms with Crippen molar-refractivity contribution in [1.29, 1.82) is 0 Å². The summed E-state index contributed by atoms with van der Waals surface area (Å²) in [5.41, 5.74) is 0.694. The monoisotopic (exact) mass is 139 g/mol. The largest absolute Gasteiger partial charge is 0.392 e. The number of hydrogen-bond donors (Lipinski definition) is 1. The third kappa shape index (κ3) is 1.25. The molecule has 10 heavy (non-hydrogen) atoms. The molecule has 0 spiro atoms. The highest BCUT2D eigenvalue weighted by Crippen LogP contribution is 1.92. The van der Waals surface area contributed by atoms with Gasteiger partial charge in [0.2, 0.25) is 5.56 Å². The molecule has 0 saturated heterocycles. The maximum absolute atomic E-state index is 10.8. The first kappa shape index (κ1) is 7.02. The molecule has 0 saturated carbocycles. The Labute approximate surface area is 58.5 Å². The van der Waals surface area contributed by atoms with Gasteiger partial charge < -0.3 is 9.67 Å². The zero-order valence-corrected chi connectivity index (χ0v) is 5.74. The molecule has 0 atom stereocenters. The molecule has 0 unspecified atom stereocenters. The lowest BCUT2D eigenvalue weighted by atomic mass is 10.3. The zero-order chi connectivity index (χ0) is 7.56. The summed E-state index contributed by atoms with van der Waals surface area (Å²) in [5, 5.41) is 8.64. The van der Waals surface area contributed by atoms with Crippen LogP contribution >= 0.6 is 0 Å². The second-order valence-electron chi connectivity index (χ2n) is 2.14. The van der Waals surface area contributed by atoms with Crippen LogP contribution in [0.5, 0.6) is 0 Å². The van der Waals surface area contributed by atoms with E-state index in [0.29, 0.717) is 0 Å². The van der Waals surface area contributed by atoms with Gasteiger partial charge in [-0.15, -0.1) is 0 Å². The van der Waals surface area contributed by atoms with E-state index in [4.69, 9.17) is 5.11 Å². The Morgan fingerprint density at radius 2 is 2.30 bits per heavy atom. The van der Waals surface area contributed by atoms with Crippen LogP contribution in [0, 0.1) is 0 Å². The second kappa shape index (κ2) is 2.66. The van der Waals surface area contributed by atoms with Gasteiger partial charge in [-0.05, 0) is 11.6 Å². The molecule has 0 aliphatic heterocycles. The molecule has 0 amide bonds. The molecular formula is C7H9NO2. The van der Waals surface area contributed by atoms with E-state index < -0.39 is 0 Å². The Balaban J connectivity index is 3.17. The van der Waals surface area contributed by atoms with Crippen molar-refractivity contribution < 1.29 is 5.11 Å². The van der Waals surface area contributed by atoms with Crippen LogP contribution in [0.15, 0.2) is 23.1 Å². The maximum Gasteiger partial charge on any atom is 0.250 e. The average molecular weight is 139 g/mol. The highest BCUT2D eigenvalue weighted by molar-refractivity contribution is 5.07. The van der Waals surface area contributed by atoms with Gasteiger partial charge in [0.25, 0.3) is 0 Å². The van der Waals surface area contributed by atoms with Crippen molar-refractivity contribution in [3.63, 3.8) is 0 Å². The van der Waals surface area contributed by atoms with Gasteiger partial charge in [-0.25, -0.2) is 0 Å². The SMILES string of the molecule is Cn1cc(CO)ccc1=O. The van der Waals surface area contributed by atoms with Crippen LogP contribution in [-0.2, 0) is 13.7 Å². The minimum atomic E-state index is -0.0581. The number of aryl methyl sites for hydroxylation is 1. The number of nitrogens with zero attached hydrogens (tertiary/aromatic N) is 1. The first-order chi connectivity index (χ1) is 4.74. The smallest absolute Gasteiger partial charge is 0.250 e. The summed E-state index contributed by atoms with van der Waals surface area (Å²) >= 11 is 0. The summed E-state index contributed by atoms with van der Waals surface area (Å²) in [6, 6.07) is 3.05. The molecule has 1 N–H and O–H groups in total. The van der Waals surface area contributed by atoms with Crippen LogP contribution in [-0.4, -0.2) is 9.67 Å². The lowest BCUT2D eigenvalue weighted by Gasteiger charge is -1.97. The maximum atomic E-state index is 10.8. The third-order valence-electron chi connectivity index (χ3n) is 1.33. The van der Waals surface area contributed by atoms with E-state index in [0.717, 1.165) is 5.56 Å². The van der Waals surface area contributed by atoms with Gasteiger partial charge in [0.05, 0.1) is 6.61 Å². The Morgan fingerprint density at radius 3 is 2.80 bits per heavy atom.